The van der Waals surface area contributed by atoms with E-state index in [1.807, 2.05) is 13.8 Å². The van der Waals surface area contributed by atoms with Crippen LogP contribution in [0, 0.1) is 18.3 Å². The van der Waals surface area contributed by atoms with Crippen molar-refractivity contribution in [2.45, 2.75) is 58.8 Å². The molecule has 2 unspecified atom stereocenters. The summed E-state index contributed by atoms with van der Waals surface area (Å²) in [6, 6.07) is 38.1. The maximum absolute atomic E-state index is 4.60. The van der Waals surface area contributed by atoms with Crippen LogP contribution >= 0.6 is 0 Å². The normalized spacial score (nSPS) is 18.0. The van der Waals surface area contributed by atoms with Crippen LogP contribution in [-0.2, 0) is 12.8 Å². The fourth-order valence-corrected chi connectivity index (χ4v) is 7.27. The molecule has 0 bridgehead atoms. The molecule has 0 spiro atoms. The van der Waals surface area contributed by atoms with Crippen LogP contribution in [0.25, 0.3) is 44.7 Å². The Morgan fingerprint density at radius 3 is 2.18 bits per heavy atom. The molecular weight excluding hydrogens is 528 g/mol. The minimum absolute atomic E-state index is 0.810. The highest BCUT2D eigenvalue weighted by molar-refractivity contribution is 6.04. The zero-order chi connectivity index (χ0) is 30.5. The van der Waals surface area contributed by atoms with E-state index in [1.165, 1.54) is 62.6 Å². The topological polar surface area (TPSA) is 0 Å². The highest BCUT2D eigenvalue weighted by Crippen LogP contribution is 2.57. The maximum atomic E-state index is 4.60. The first kappa shape index (κ1) is 29.5. The zero-order valence-corrected chi connectivity index (χ0v) is 26.3. The predicted molar refractivity (Wildman–Crippen MR) is 192 cm³/mol. The van der Waals surface area contributed by atoms with Gasteiger partial charge >= 0.3 is 0 Å². The molecule has 0 saturated heterocycles. The second-order valence-corrected chi connectivity index (χ2v) is 11.8. The lowest BCUT2D eigenvalue weighted by molar-refractivity contribution is 0.804. The summed E-state index contributed by atoms with van der Waals surface area (Å²) >= 11 is 0. The van der Waals surface area contributed by atoms with Crippen LogP contribution in [0.5, 0.6) is 0 Å². The standard InChI is InChI=1S/C39H32.C3H4.C2H6/c1-2-10-26(11-3-1)27-18-20-28(21-19-27)39-36-16-8-6-14-33(36)35(34-15-7-9-17-37(34)39)23-22-29-24-30-25-38(30)32-13-5-4-12-31(29)32;1-3-2;1-2/h1-6,8-14,16-22,30,38H,7,15,23-25H2;1H,2H3;1-2H3/b29-22+;;. The van der Waals surface area contributed by atoms with Gasteiger partial charge < -0.3 is 0 Å². The third-order valence-electron chi connectivity index (χ3n) is 9.27. The number of fused-ring (bicyclic) bond motifs is 5. The molecule has 2 atom stereocenters. The van der Waals surface area contributed by atoms with E-state index in [4.69, 9.17) is 0 Å². The zero-order valence-electron chi connectivity index (χ0n) is 26.3. The molecule has 1 saturated carbocycles. The summed E-state index contributed by atoms with van der Waals surface area (Å²) in [5, 5.41) is 2.79. The van der Waals surface area contributed by atoms with Gasteiger partial charge in [0.15, 0.2) is 0 Å². The van der Waals surface area contributed by atoms with Gasteiger partial charge in [-0.25, -0.2) is 0 Å². The van der Waals surface area contributed by atoms with Crippen molar-refractivity contribution in [3.63, 3.8) is 0 Å². The summed E-state index contributed by atoms with van der Waals surface area (Å²) in [4.78, 5) is 0. The molecule has 0 aromatic heterocycles. The molecule has 5 aromatic carbocycles. The predicted octanol–water partition coefficient (Wildman–Crippen LogP) is 11.9. The highest BCUT2D eigenvalue weighted by atomic mass is 14.5. The Labute approximate surface area is 264 Å². The number of hydrogen-bond donors (Lipinski definition) is 0. The Balaban J connectivity index is 0.000000649. The smallest absolute Gasteiger partial charge is 0.00297 e. The Kier molecular flexibility index (Phi) is 8.95. The van der Waals surface area contributed by atoms with Crippen molar-refractivity contribution in [1.82, 2.24) is 0 Å². The van der Waals surface area contributed by atoms with Crippen molar-refractivity contribution >= 4 is 22.4 Å². The van der Waals surface area contributed by atoms with Crippen LogP contribution < -0.4 is 0 Å². The van der Waals surface area contributed by atoms with E-state index in [-0.39, 0.29) is 0 Å². The van der Waals surface area contributed by atoms with Crippen molar-refractivity contribution in [1.29, 1.82) is 0 Å². The van der Waals surface area contributed by atoms with Crippen LogP contribution in [0.3, 0.4) is 0 Å². The molecule has 5 aromatic rings. The van der Waals surface area contributed by atoms with Gasteiger partial charge in [-0.05, 0) is 117 Å². The van der Waals surface area contributed by atoms with E-state index < -0.39 is 0 Å². The van der Waals surface area contributed by atoms with E-state index >= 15 is 0 Å². The van der Waals surface area contributed by atoms with Gasteiger partial charge in [-0.15, -0.1) is 12.3 Å². The monoisotopic (exact) mass is 570 g/mol. The largest absolute Gasteiger partial charge is 0.120 e. The van der Waals surface area contributed by atoms with Crippen molar-refractivity contribution in [3.8, 4) is 34.6 Å². The van der Waals surface area contributed by atoms with Gasteiger partial charge in [-0.1, -0.05) is 135 Å². The third kappa shape index (κ3) is 5.68. The van der Waals surface area contributed by atoms with Crippen molar-refractivity contribution in [2.75, 3.05) is 0 Å². The molecule has 218 valence electrons. The molecule has 0 radical (unpaired) electrons. The number of hydrogen-bond acceptors (Lipinski definition) is 0. The van der Waals surface area contributed by atoms with Crippen molar-refractivity contribution in [3.05, 3.63) is 143 Å². The van der Waals surface area contributed by atoms with E-state index in [1.54, 1.807) is 23.6 Å². The molecule has 3 aliphatic rings. The van der Waals surface area contributed by atoms with Crippen LogP contribution in [-0.4, -0.2) is 0 Å². The summed E-state index contributed by atoms with van der Waals surface area (Å²) in [5.41, 5.74) is 14.4. The summed E-state index contributed by atoms with van der Waals surface area (Å²) < 4.78 is 0. The van der Waals surface area contributed by atoms with Gasteiger partial charge in [-0.2, -0.15) is 0 Å². The minimum Gasteiger partial charge on any atom is -0.120 e. The number of benzene rings is 5. The Morgan fingerprint density at radius 2 is 1.41 bits per heavy atom. The molecule has 0 heterocycles. The van der Waals surface area contributed by atoms with E-state index in [2.05, 4.69) is 134 Å². The lowest BCUT2D eigenvalue weighted by Crippen LogP contribution is -2.05. The van der Waals surface area contributed by atoms with Crippen molar-refractivity contribution in [2.24, 2.45) is 5.92 Å². The highest BCUT2D eigenvalue weighted by Gasteiger charge is 2.43. The molecule has 0 nitrogen and oxygen atoms in total. The summed E-state index contributed by atoms with van der Waals surface area (Å²) in [5.74, 6) is 3.92. The second kappa shape index (κ2) is 13.4. The summed E-state index contributed by atoms with van der Waals surface area (Å²) in [7, 11) is 0. The van der Waals surface area contributed by atoms with Gasteiger partial charge in [0.25, 0.3) is 0 Å². The lowest BCUT2D eigenvalue weighted by Gasteiger charge is -2.24. The molecule has 0 aliphatic heterocycles. The average Bonchev–Trinajstić information content (AvgIpc) is 3.88. The first-order valence-electron chi connectivity index (χ1n) is 16.3. The fourth-order valence-electron chi connectivity index (χ4n) is 7.27. The van der Waals surface area contributed by atoms with E-state index in [9.17, 15) is 0 Å². The Bertz CT molecular complexity index is 1860. The Hall–Kier alpha value is -4.60. The average molecular weight is 571 g/mol. The molecule has 0 N–H and O–H groups in total. The van der Waals surface area contributed by atoms with Crippen LogP contribution in [0.2, 0.25) is 0 Å². The summed E-state index contributed by atoms with van der Waals surface area (Å²) in [6.07, 6.45) is 17.8. The molecule has 44 heavy (non-hydrogen) atoms. The number of terminal acetylenes is 1. The van der Waals surface area contributed by atoms with Gasteiger partial charge in [-0.3, -0.25) is 0 Å². The van der Waals surface area contributed by atoms with Crippen LogP contribution in [0.15, 0.2) is 115 Å². The molecule has 0 heteroatoms. The van der Waals surface area contributed by atoms with E-state index in [0.29, 0.717) is 0 Å². The molecular formula is C44H42. The van der Waals surface area contributed by atoms with Crippen LogP contribution in [0.4, 0.5) is 0 Å². The minimum atomic E-state index is 0.810. The van der Waals surface area contributed by atoms with Gasteiger partial charge in [0, 0.05) is 0 Å². The quantitative estimate of drug-likeness (QED) is 0.189. The summed E-state index contributed by atoms with van der Waals surface area (Å²) in [6.45, 7) is 5.65. The molecule has 1 fully saturated rings. The number of allylic oxidation sites excluding steroid dienone is 3. The first-order chi connectivity index (χ1) is 21.8. The van der Waals surface area contributed by atoms with Gasteiger partial charge in [0.05, 0.1) is 0 Å². The van der Waals surface area contributed by atoms with Crippen molar-refractivity contribution < 1.29 is 0 Å². The van der Waals surface area contributed by atoms with Gasteiger partial charge in [0.2, 0.25) is 0 Å². The fraction of sp³-hybridized carbons (Fsp3) is 0.227. The Morgan fingerprint density at radius 1 is 0.773 bits per heavy atom. The first-order valence-corrected chi connectivity index (χ1v) is 16.3. The lowest BCUT2D eigenvalue weighted by atomic mass is 9.80. The molecule has 8 rings (SSSR count). The SMILES string of the molecule is C#CC.C1=Cc2c(c(C/C=C3\CC4CC4c4ccccc43)c3ccccc3c2-c2ccc(-c3ccccc3)cc2)CC1.CC. The van der Waals surface area contributed by atoms with E-state index in [0.717, 1.165) is 31.1 Å². The van der Waals surface area contributed by atoms with Crippen LogP contribution in [0.1, 0.15) is 73.8 Å². The maximum Gasteiger partial charge on any atom is -0.00297 e. The number of rotatable bonds is 4. The molecule has 3 aliphatic carbocycles. The third-order valence-corrected chi connectivity index (χ3v) is 9.27. The molecule has 0 amide bonds. The van der Waals surface area contributed by atoms with Gasteiger partial charge in [0.1, 0.15) is 0 Å². The second-order valence-electron chi connectivity index (χ2n) is 11.8.